The summed E-state index contributed by atoms with van der Waals surface area (Å²) in [4.78, 5) is 15.9. The topological polar surface area (TPSA) is 39.2 Å². The molecule has 1 heterocycles. The molecule has 0 amide bonds. The number of fused-ring (bicyclic) bond motifs is 1. The van der Waals surface area contributed by atoms with Crippen LogP contribution in [0.2, 0.25) is 0 Å². The van der Waals surface area contributed by atoms with E-state index in [1.165, 1.54) is 13.2 Å². The van der Waals surface area contributed by atoms with Crippen molar-refractivity contribution in [2.24, 2.45) is 0 Å². The van der Waals surface area contributed by atoms with Crippen LogP contribution in [-0.2, 0) is 17.6 Å². The monoisotopic (exact) mass is 313 g/mol. The summed E-state index contributed by atoms with van der Waals surface area (Å²) in [6, 6.07) is 7.05. The smallest absolute Gasteiger partial charge is 0.338 e. The molecule has 1 aliphatic rings. The van der Waals surface area contributed by atoms with Gasteiger partial charge in [0.1, 0.15) is 5.82 Å². The lowest BCUT2D eigenvalue weighted by molar-refractivity contribution is 0.0599. The predicted molar refractivity (Wildman–Crippen MR) is 86.0 cm³/mol. The van der Waals surface area contributed by atoms with Crippen molar-refractivity contribution in [2.45, 2.75) is 38.0 Å². The second-order valence-corrected chi connectivity index (χ2v) is 5.96. The van der Waals surface area contributed by atoms with Gasteiger partial charge in [-0.3, -0.25) is 4.98 Å². The third-order valence-corrected chi connectivity index (χ3v) is 4.65. The molecule has 1 aromatic carbocycles. The van der Waals surface area contributed by atoms with Gasteiger partial charge in [-0.25, -0.2) is 9.18 Å². The van der Waals surface area contributed by atoms with Gasteiger partial charge in [0.05, 0.1) is 12.7 Å². The van der Waals surface area contributed by atoms with Crippen LogP contribution in [0.5, 0.6) is 0 Å². The highest BCUT2D eigenvalue weighted by Gasteiger charge is 2.23. The molecule has 120 valence electrons. The van der Waals surface area contributed by atoms with Crippen molar-refractivity contribution in [1.82, 2.24) is 4.98 Å². The highest BCUT2D eigenvalue weighted by Crippen LogP contribution is 2.36. The summed E-state index contributed by atoms with van der Waals surface area (Å²) < 4.78 is 18.8. The SMILES string of the molecule is COC(=O)c1ccncc1CCC1CCCc2c(F)cccc21. The number of pyridine rings is 1. The van der Waals surface area contributed by atoms with Crippen LogP contribution in [0.1, 0.15) is 52.2 Å². The van der Waals surface area contributed by atoms with Gasteiger partial charge in [-0.15, -0.1) is 0 Å². The molecular formula is C19H20FNO2. The number of aryl methyl sites for hydroxylation is 1. The van der Waals surface area contributed by atoms with E-state index in [-0.39, 0.29) is 11.8 Å². The molecule has 0 radical (unpaired) electrons. The van der Waals surface area contributed by atoms with Gasteiger partial charge in [-0.05, 0) is 66.8 Å². The average Bonchev–Trinajstić information content (AvgIpc) is 2.60. The molecule has 0 saturated carbocycles. The number of aromatic nitrogens is 1. The van der Waals surface area contributed by atoms with Crippen LogP contribution >= 0.6 is 0 Å². The summed E-state index contributed by atoms with van der Waals surface area (Å²) >= 11 is 0. The maximum Gasteiger partial charge on any atom is 0.338 e. The van der Waals surface area contributed by atoms with E-state index in [0.29, 0.717) is 11.5 Å². The molecule has 0 N–H and O–H groups in total. The highest BCUT2D eigenvalue weighted by molar-refractivity contribution is 5.90. The van der Waals surface area contributed by atoms with Crippen LogP contribution in [0, 0.1) is 5.82 Å². The first-order valence-corrected chi connectivity index (χ1v) is 7.99. The fourth-order valence-electron chi connectivity index (χ4n) is 3.47. The fourth-order valence-corrected chi connectivity index (χ4v) is 3.47. The van der Waals surface area contributed by atoms with Gasteiger partial charge in [0.2, 0.25) is 0 Å². The van der Waals surface area contributed by atoms with E-state index in [4.69, 9.17) is 4.74 Å². The Hall–Kier alpha value is -2.23. The number of esters is 1. The van der Waals surface area contributed by atoms with Crippen molar-refractivity contribution in [3.05, 3.63) is 64.7 Å². The fraction of sp³-hybridized carbons (Fsp3) is 0.368. The summed E-state index contributed by atoms with van der Waals surface area (Å²) in [7, 11) is 1.38. The van der Waals surface area contributed by atoms with E-state index in [9.17, 15) is 9.18 Å². The summed E-state index contributed by atoms with van der Waals surface area (Å²) in [5.74, 6) is -0.0959. The molecule has 2 aromatic rings. The van der Waals surface area contributed by atoms with Gasteiger partial charge in [0, 0.05) is 12.4 Å². The van der Waals surface area contributed by atoms with Crippen molar-refractivity contribution in [1.29, 1.82) is 0 Å². The molecule has 0 fully saturated rings. The summed E-state index contributed by atoms with van der Waals surface area (Å²) in [6.45, 7) is 0. The standard InChI is InChI=1S/C19H20FNO2/c1-23-19(22)16-10-11-21-12-14(16)9-8-13-4-2-6-17-15(13)5-3-7-18(17)20/h3,5,7,10-13H,2,4,6,8-9H2,1H3. The van der Waals surface area contributed by atoms with Crippen LogP contribution in [0.3, 0.4) is 0 Å². The molecular weight excluding hydrogens is 293 g/mol. The first-order valence-electron chi connectivity index (χ1n) is 7.99. The van der Waals surface area contributed by atoms with Gasteiger partial charge in [0.15, 0.2) is 0 Å². The maximum absolute atomic E-state index is 14.0. The van der Waals surface area contributed by atoms with E-state index in [0.717, 1.165) is 48.8 Å². The maximum atomic E-state index is 14.0. The van der Waals surface area contributed by atoms with Crippen molar-refractivity contribution < 1.29 is 13.9 Å². The predicted octanol–water partition coefficient (Wildman–Crippen LogP) is 4.06. The second-order valence-electron chi connectivity index (χ2n) is 5.96. The van der Waals surface area contributed by atoms with Gasteiger partial charge < -0.3 is 4.74 Å². The van der Waals surface area contributed by atoms with Gasteiger partial charge in [-0.1, -0.05) is 12.1 Å². The minimum atomic E-state index is -0.336. The molecule has 0 bridgehead atoms. The molecule has 0 saturated heterocycles. The number of hydrogen-bond donors (Lipinski definition) is 0. The Bertz CT molecular complexity index is 714. The third kappa shape index (κ3) is 3.26. The molecule has 0 spiro atoms. The van der Waals surface area contributed by atoms with Gasteiger partial charge in [0.25, 0.3) is 0 Å². The summed E-state index contributed by atoms with van der Waals surface area (Å²) in [6.07, 6.45) is 7.83. The van der Waals surface area contributed by atoms with E-state index < -0.39 is 0 Å². The number of ether oxygens (including phenoxy) is 1. The normalized spacial score (nSPS) is 16.7. The van der Waals surface area contributed by atoms with Crippen molar-refractivity contribution in [3.63, 3.8) is 0 Å². The molecule has 23 heavy (non-hydrogen) atoms. The summed E-state index contributed by atoms with van der Waals surface area (Å²) in [5, 5.41) is 0. The Labute approximate surface area is 135 Å². The van der Waals surface area contributed by atoms with Crippen LogP contribution in [0.4, 0.5) is 4.39 Å². The zero-order chi connectivity index (χ0) is 16.2. The van der Waals surface area contributed by atoms with Gasteiger partial charge in [-0.2, -0.15) is 0 Å². The van der Waals surface area contributed by atoms with Gasteiger partial charge >= 0.3 is 5.97 Å². The molecule has 1 atom stereocenters. The number of carbonyl (C=O) groups excluding carboxylic acids is 1. The first kappa shape index (κ1) is 15.7. The number of methoxy groups -OCH3 is 1. The Kier molecular flexibility index (Phi) is 4.70. The number of rotatable bonds is 4. The van der Waals surface area contributed by atoms with E-state index >= 15 is 0 Å². The van der Waals surface area contributed by atoms with E-state index in [1.807, 2.05) is 6.07 Å². The lowest BCUT2D eigenvalue weighted by atomic mass is 9.79. The highest BCUT2D eigenvalue weighted by atomic mass is 19.1. The molecule has 4 heteroatoms. The number of carbonyl (C=O) groups is 1. The van der Waals surface area contributed by atoms with Crippen LogP contribution in [0.15, 0.2) is 36.7 Å². The third-order valence-electron chi connectivity index (χ3n) is 4.65. The number of benzene rings is 1. The average molecular weight is 313 g/mol. The Morgan fingerprint density at radius 3 is 3.09 bits per heavy atom. The molecule has 0 aliphatic heterocycles. The number of halogens is 1. The van der Waals surface area contributed by atoms with Crippen LogP contribution in [0.25, 0.3) is 0 Å². The minimum absolute atomic E-state index is 0.0937. The zero-order valence-corrected chi connectivity index (χ0v) is 13.2. The quantitative estimate of drug-likeness (QED) is 0.799. The Morgan fingerprint density at radius 1 is 1.39 bits per heavy atom. The van der Waals surface area contributed by atoms with E-state index in [1.54, 1.807) is 24.5 Å². The molecule has 3 nitrogen and oxygen atoms in total. The molecule has 1 aromatic heterocycles. The van der Waals surface area contributed by atoms with Crippen molar-refractivity contribution in [2.75, 3.05) is 7.11 Å². The minimum Gasteiger partial charge on any atom is -0.465 e. The lowest BCUT2D eigenvalue weighted by Gasteiger charge is -2.26. The van der Waals surface area contributed by atoms with E-state index in [2.05, 4.69) is 4.98 Å². The van der Waals surface area contributed by atoms with Crippen molar-refractivity contribution >= 4 is 5.97 Å². The largest absolute Gasteiger partial charge is 0.465 e. The van der Waals surface area contributed by atoms with Crippen LogP contribution < -0.4 is 0 Å². The number of hydrogen-bond acceptors (Lipinski definition) is 3. The molecule has 1 unspecified atom stereocenters. The molecule has 3 rings (SSSR count). The zero-order valence-electron chi connectivity index (χ0n) is 13.2. The number of nitrogens with zero attached hydrogens (tertiary/aromatic N) is 1. The second kappa shape index (κ2) is 6.90. The first-order chi connectivity index (χ1) is 11.2. The Morgan fingerprint density at radius 2 is 2.26 bits per heavy atom. The van der Waals surface area contributed by atoms with Crippen molar-refractivity contribution in [3.8, 4) is 0 Å². The van der Waals surface area contributed by atoms with Crippen LogP contribution in [-0.4, -0.2) is 18.1 Å². The lowest BCUT2D eigenvalue weighted by Crippen LogP contribution is -2.13. The Balaban J connectivity index is 1.78. The summed E-state index contributed by atoms with van der Waals surface area (Å²) in [5.41, 5.74) is 3.45. The molecule has 1 aliphatic carbocycles.